The molecule has 104 valence electrons. The van der Waals surface area contributed by atoms with Crippen molar-refractivity contribution in [1.29, 1.82) is 0 Å². The van der Waals surface area contributed by atoms with Gasteiger partial charge in [-0.1, -0.05) is 6.07 Å². The first kappa shape index (κ1) is 15.3. The van der Waals surface area contributed by atoms with Gasteiger partial charge < -0.3 is 24.3 Å². The van der Waals surface area contributed by atoms with Gasteiger partial charge in [-0.3, -0.25) is 0 Å². The van der Waals surface area contributed by atoms with Crippen molar-refractivity contribution >= 4 is 0 Å². The van der Waals surface area contributed by atoms with Gasteiger partial charge in [-0.25, -0.2) is 6.57 Å². The number of ether oxygens (including phenoxy) is 2. The van der Waals surface area contributed by atoms with Crippen LogP contribution in [0.1, 0.15) is 11.7 Å². The van der Waals surface area contributed by atoms with Crippen LogP contribution in [0, 0.1) is 6.57 Å². The molecule has 1 unspecified atom stereocenters. The molecule has 1 N–H and O–H groups in total. The SMILES string of the molecule is [C-]#[N+]CC(O)c1ccc(OCCN(C)C)c(OC)c1. The van der Waals surface area contributed by atoms with Gasteiger partial charge in [-0.05, 0) is 31.8 Å². The van der Waals surface area contributed by atoms with Crippen LogP contribution in [-0.4, -0.2) is 50.9 Å². The van der Waals surface area contributed by atoms with Crippen molar-refractivity contribution in [2.45, 2.75) is 6.10 Å². The summed E-state index contributed by atoms with van der Waals surface area (Å²) in [4.78, 5) is 5.21. The Balaban J connectivity index is 2.76. The first-order chi connectivity index (χ1) is 9.08. The molecule has 5 nitrogen and oxygen atoms in total. The van der Waals surface area contributed by atoms with Crippen LogP contribution in [0.3, 0.4) is 0 Å². The molecule has 0 heterocycles. The minimum atomic E-state index is -0.790. The number of likely N-dealkylation sites (N-methyl/N-ethyl adjacent to an activating group) is 1. The van der Waals surface area contributed by atoms with Crippen LogP contribution in [0.4, 0.5) is 0 Å². The first-order valence-electron chi connectivity index (χ1n) is 6.05. The van der Waals surface area contributed by atoms with Gasteiger partial charge in [0.05, 0.1) is 7.11 Å². The lowest BCUT2D eigenvalue weighted by atomic mass is 10.1. The van der Waals surface area contributed by atoms with E-state index in [1.165, 1.54) is 0 Å². The van der Waals surface area contributed by atoms with Crippen molar-refractivity contribution in [3.8, 4) is 11.5 Å². The molecule has 0 amide bonds. The molecule has 0 fully saturated rings. The number of rotatable bonds is 7. The number of nitrogens with zero attached hydrogens (tertiary/aromatic N) is 2. The largest absolute Gasteiger partial charge is 0.493 e. The number of hydrogen-bond donors (Lipinski definition) is 1. The quantitative estimate of drug-likeness (QED) is 0.760. The maximum atomic E-state index is 9.76. The maximum Gasteiger partial charge on any atom is 0.244 e. The summed E-state index contributed by atoms with van der Waals surface area (Å²) in [7, 11) is 5.51. The van der Waals surface area contributed by atoms with E-state index in [2.05, 4.69) is 4.85 Å². The standard InChI is InChI=1S/C14H20N2O3/c1-15-10-12(17)11-5-6-13(14(9-11)18-4)19-8-7-16(2)3/h5-6,9,12,17H,7-8,10H2,2-4H3. The number of aliphatic hydroxyl groups is 1. The van der Waals surface area contributed by atoms with Gasteiger partial charge in [0, 0.05) is 6.54 Å². The first-order valence-corrected chi connectivity index (χ1v) is 6.05. The highest BCUT2D eigenvalue weighted by Crippen LogP contribution is 2.30. The van der Waals surface area contributed by atoms with Crippen molar-refractivity contribution in [2.75, 3.05) is 40.9 Å². The topological polar surface area (TPSA) is 46.3 Å². The van der Waals surface area contributed by atoms with Crippen molar-refractivity contribution < 1.29 is 14.6 Å². The van der Waals surface area contributed by atoms with E-state index in [9.17, 15) is 5.11 Å². The Morgan fingerprint density at radius 1 is 1.37 bits per heavy atom. The molecule has 0 aliphatic carbocycles. The second-order valence-electron chi connectivity index (χ2n) is 4.42. The van der Waals surface area contributed by atoms with Crippen molar-refractivity contribution in [3.05, 3.63) is 35.2 Å². The summed E-state index contributed by atoms with van der Waals surface area (Å²) in [6.45, 7) is 8.18. The molecule has 0 saturated heterocycles. The summed E-state index contributed by atoms with van der Waals surface area (Å²) in [6.07, 6.45) is -0.790. The average Bonchev–Trinajstić information content (AvgIpc) is 2.38. The minimum Gasteiger partial charge on any atom is -0.493 e. The fourth-order valence-corrected chi connectivity index (χ4v) is 1.54. The Morgan fingerprint density at radius 2 is 2.11 bits per heavy atom. The molecule has 0 bridgehead atoms. The summed E-state index contributed by atoms with van der Waals surface area (Å²) >= 11 is 0. The Labute approximate surface area is 114 Å². The molecule has 0 aliphatic heterocycles. The van der Waals surface area contributed by atoms with Crippen LogP contribution in [0.2, 0.25) is 0 Å². The minimum absolute atomic E-state index is 0.0456. The van der Waals surface area contributed by atoms with Gasteiger partial charge in [0.25, 0.3) is 0 Å². The van der Waals surface area contributed by atoms with Gasteiger partial charge in [0.2, 0.25) is 6.54 Å². The van der Waals surface area contributed by atoms with E-state index in [1.54, 1.807) is 25.3 Å². The van der Waals surface area contributed by atoms with Gasteiger partial charge in [-0.15, -0.1) is 0 Å². The average molecular weight is 264 g/mol. The van der Waals surface area contributed by atoms with Crippen LogP contribution < -0.4 is 9.47 Å². The lowest BCUT2D eigenvalue weighted by Gasteiger charge is -2.15. The summed E-state index contributed by atoms with van der Waals surface area (Å²) in [5.74, 6) is 1.21. The predicted molar refractivity (Wildman–Crippen MR) is 73.5 cm³/mol. The van der Waals surface area contributed by atoms with Crippen LogP contribution in [0.25, 0.3) is 4.85 Å². The predicted octanol–water partition coefficient (Wildman–Crippen LogP) is 1.59. The Kier molecular flexibility index (Phi) is 6.13. The molecule has 0 saturated carbocycles. The zero-order valence-corrected chi connectivity index (χ0v) is 11.6. The summed E-state index contributed by atoms with van der Waals surface area (Å²) in [5.41, 5.74) is 0.660. The second kappa shape index (κ2) is 7.62. The molecule has 1 rings (SSSR count). The highest BCUT2D eigenvalue weighted by molar-refractivity contribution is 5.43. The molecule has 19 heavy (non-hydrogen) atoms. The van der Waals surface area contributed by atoms with Gasteiger partial charge in [0.1, 0.15) is 6.61 Å². The number of benzene rings is 1. The van der Waals surface area contributed by atoms with Crippen LogP contribution in [-0.2, 0) is 0 Å². The van der Waals surface area contributed by atoms with Crippen LogP contribution in [0.15, 0.2) is 18.2 Å². The highest BCUT2D eigenvalue weighted by Gasteiger charge is 2.13. The molecule has 1 atom stereocenters. The van der Waals surface area contributed by atoms with Gasteiger partial charge >= 0.3 is 0 Å². The van der Waals surface area contributed by atoms with E-state index in [1.807, 2.05) is 19.0 Å². The van der Waals surface area contributed by atoms with Crippen LogP contribution in [0.5, 0.6) is 11.5 Å². The summed E-state index contributed by atoms with van der Waals surface area (Å²) in [5, 5.41) is 9.76. The molecule has 1 aromatic rings. The van der Waals surface area contributed by atoms with E-state index in [-0.39, 0.29) is 6.54 Å². The van der Waals surface area contributed by atoms with Crippen molar-refractivity contribution in [3.63, 3.8) is 0 Å². The zero-order valence-electron chi connectivity index (χ0n) is 11.6. The monoisotopic (exact) mass is 264 g/mol. The molecule has 0 radical (unpaired) electrons. The molecule has 1 aromatic carbocycles. The van der Waals surface area contributed by atoms with E-state index < -0.39 is 6.10 Å². The Morgan fingerprint density at radius 3 is 2.68 bits per heavy atom. The van der Waals surface area contributed by atoms with E-state index >= 15 is 0 Å². The molecular formula is C14H20N2O3. The zero-order chi connectivity index (χ0) is 14.3. The smallest absolute Gasteiger partial charge is 0.244 e. The van der Waals surface area contributed by atoms with E-state index in [0.29, 0.717) is 23.7 Å². The fourth-order valence-electron chi connectivity index (χ4n) is 1.54. The fraction of sp³-hybridized carbons (Fsp3) is 0.500. The van der Waals surface area contributed by atoms with Gasteiger partial charge in [0.15, 0.2) is 17.6 Å². The van der Waals surface area contributed by atoms with Gasteiger partial charge in [-0.2, -0.15) is 0 Å². The number of hydrogen-bond acceptors (Lipinski definition) is 4. The maximum absolute atomic E-state index is 9.76. The van der Waals surface area contributed by atoms with E-state index in [0.717, 1.165) is 6.54 Å². The van der Waals surface area contributed by atoms with Crippen molar-refractivity contribution in [1.82, 2.24) is 4.90 Å². The normalized spacial score (nSPS) is 12.0. The highest BCUT2D eigenvalue weighted by atomic mass is 16.5. The lowest BCUT2D eigenvalue weighted by Crippen LogP contribution is -2.19. The summed E-state index contributed by atoms with van der Waals surface area (Å²) in [6, 6.07) is 5.22. The molecule has 0 aromatic heterocycles. The Bertz CT molecular complexity index is 441. The van der Waals surface area contributed by atoms with Crippen molar-refractivity contribution in [2.24, 2.45) is 0 Å². The third kappa shape index (κ3) is 4.78. The lowest BCUT2D eigenvalue weighted by molar-refractivity contribution is 0.194. The Hall–Kier alpha value is -1.77. The van der Waals surface area contributed by atoms with E-state index in [4.69, 9.17) is 16.0 Å². The third-order valence-electron chi connectivity index (χ3n) is 2.63. The van der Waals surface area contributed by atoms with Crippen LogP contribution >= 0.6 is 0 Å². The number of aliphatic hydroxyl groups excluding tert-OH is 1. The third-order valence-corrected chi connectivity index (χ3v) is 2.63. The number of methoxy groups -OCH3 is 1. The molecule has 0 aliphatic rings. The molecular weight excluding hydrogens is 244 g/mol. The summed E-state index contributed by atoms with van der Waals surface area (Å²) < 4.78 is 10.9. The molecule has 0 spiro atoms. The molecule has 5 heteroatoms. The second-order valence-corrected chi connectivity index (χ2v) is 4.42.